The average Bonchev–Trinajstić information content (AvgIpc) is 3.26. The number of sulfonamides is 1. The maximum atomic E-state index is 13.1. The van der Waals surface area contributed by atoms with Gasteiger partial charge in [-0.3, -0.25) is 4.79 Å². The molecule has 0 saturated carbocycles. The first kappa shape index (κ1) is 22.6. The number of para-hydroxylation sites is 1. The number of fused-ring (bicyclic) bond motifs is 1. The van der Waals surface area contributed by atoms with E-state index in [9.17, 15) is 13.2 Å². The first-order valence-corrected chi connectivity index (χ1v) is 13.0. The second-order valence-electron chi connectivity index (χ2n) is 8.08. The number of hydrogen-bond acceptors (Lipinski definition) is 5. The summed E-state index contributed by atoms with van der Waals surface area (Å²) in [7, 11) is -1.70. The minimum absolute atomic E-state index is 0.0497. The number of carbonyl (C=O) groups excluding carboxylic acids is 1. The van der Waals surface area contributed by atoms with Crippen LogP contribution in [0.2, 0.25) is 0 Å². The number of piperidine rings is 1. The fraction of sp³-hybridized carbons (Fsp3) is 0.333. The van der Waals surface area contributed by atoms with E-state index in [1.54, 1.807) is 22.3 Å². The van der Waals surface area contributed by atoms with E-state index in [0.29, 0.717) is 25.9 Å². The van der Waals surface area contributed by atoms with Gasteiger partial charge in [-0.2, -0.15) is 4.31 Å². The molecule has 1 aliphatic heterocycles. The number of thiazole rings is 1. The highest BCUT2D eigenvalue weighted by Gasteiger charge is 2.33. The van der Waals surface area contributed by atoms with Crippen LogP contribution in [0.1, 0.15) is 36.4 Å². The molecule has 2 heterocycles. The predicted octanol–water partition coefficient (Wildman–Crippen LogP) is 4.53. The van der Waals surface area contributed by atoms with Crippen molar-refractivity contribution in [2.45, 2.75) is 25.8 Å². The molecule has 1 saturated heterocycles. The lowest BCUT2D eigenvalue weighted by Crippen LogP contribution is -2.43. The lowest BCUT2D eigenvalue weighted by atomic mass is 9.96. The van der Waals surface area contributed by atoms with Crippen LogP contribution >= 0.6 is 11.3 Å². The van der Waals surface area contributed by atoms with E-state index in [-0.39, 0.29) is 17.9 Å². The summed E-state index contributed by atoms with van der Waals surface area (Å²) >= 11 is 1.60. The summed E-state index contributed by atoms with van der Waals surface area (Å²) in [6.07, 6.45) is 2.66. The summed E-state index contributed by atoms with van der Waals surface area (Å²) in [6.45, 7) is 2.69. The predicted molar refractivity (Wildman–Crippen MR) is 129 cm³/mol. The SMILES string of the molecule is CC(c1nc2ccccc2s1)N(C)C(=O)C1CCN(S(=O)(=O)/C=C/c2ccccc2)CC1. The zero-order valence-corrected chi connectivity index (χ0v) is 19.8. The smallest absolute Gasteiger partial charge is 0.236 e. The minimum Gasteiger partial charge on any atom is -0.336 e. The number of benzene rings is 2. The molecule has 0 radical (unpaired) electrons. The molecule has 32 heavy (non-hydrogen) atoms. The fourth-order valence-corrected chi connectivity index (χ4v) is 6.17. The first-order chi connectivity index (χ1) is 15.3. The molecule has 1 aliphatic rings. The zero-order chi connectivity index (χ0) is 22.7. The minimum atomic E-state index is -3.51. The summed E-state index contributed by atoms with van der Waals surface area (Å²) < 4.78 is 27.9. The summed E-state index contributed by atoms with van der Waals surface area (Å²) in [5.74, 6) is -0.130. The summed E-state index contributed by atoms with van der Waals surface area (Å²) in [6, 6.07) is 17.2. The molecule has 0 aliphatic carbocycles. The second-order valence-corrected chi connectivity index (χ2v) is 11.0. The number of amides is 1. The van der Waals surface area contributed by atoms with Gasteiger partial charge in [0.15, 0.2) is 0 Å². The largest absolute Gasteiger partial charge is 0.336 e. The standard InChI is InChI=1S/C24H27N3O3S2/c1-18(23-25-21-10-6-7-11-22(21)31-23)26(2)24(28)20-12-15-27(16-13-20)32(29,30)17-14-19-8-4-3-5-9-19/h3-11,14,17-18,20H,12-13,15-16H2,1-2H3/b17-14+. The monoisotopic (exact) mass is 469 g/mol. The van der Waals surface area contributed by atoms with Gasteiger partial charge in [-0.15, -0.1) is 11.3 Å². The van der Waals surface area contributed by atoms with Gasteiger partial charge in [0.2, 0.25) is 15.9 Å². The molecule has 168 valence electrons. The molecular formula is C24H27N3O3S2. The van der Waals surface area contributed by atoms with Gasteiger partial charge < -0.3 is 4.90 Å². The van der Waals surface area contributed by atoms with Crippen LogP contribution in [0.3, 0.4) is 0 Å². The molecule has 1 amide bonds. The Morgan fingerprint density at radius 3 is 2.47 bits per heavy atom. The Morgan fingerprint density at radius 2 is 1.78 bits per heavy atom. The van der Waals surface area contributed by atoms with Crippen LogP contribution in [-0.4, -0.2) is 48.7 Å². The highest BCUT2D eigenvalue weighted by molar-refractivity contribution is 7.92. The lowest BCUT2D eigenvalue weighted by Gasteiger charge is -2.33. The number of carbonyl (C=O) groups is 1. The molecule has 6 nitrogen and oxygen atoms in total. The van der Waals surface area contributed by atoms with Gasteiger partial charge in [0.1, 0.15) is 5.01 Å². The van der Waals surface area contributed by atoms with Gasteiger partial charge in [-0.25, -0.2) is 13.4 Å². The Labute approximate surface area is 193 Å². The second kappa shape index (κ2) is 9.52. The van der Waals surface area contributed by atoms with Crippen LogP contribution in [0, 0.1) is 5.92 Å². The molecule has 4 rings (SSSR count). The Bertz CT molecular complexity index is 1180. The maximum absolute atomic E-state index is 13.1. The number of rotatable bonds is 6. The third kappa shape index (κ3) is 4.92. The van der Waals surface area contributed by atoms with Crippen molar-refractivity contribution in [3.63, 3.8) is 0 Å². The van der Waals surface area contributed by atoms with Crippen molar-refractivity contribution in [1.29, 1.82) is 0 Å². The van der Waals surface area contributed by atoms with Gasteiger partial charge in [0.05, 0.1) is 16.3 Å². The molecule has 2 aromatic carbocycles. The first-order valence-electron chi connectivity index (χ1n) is 10.7. The van der Waals surface area contributed by atoms with Crippen LogP contribution in [0.25, 0.3) is 16.3 Å². The topological polar surface area (TPSA) is 70.6 Å². The van der Waals surface area contributed by atoms with Crippen molar-refractivity contribution in [2.24, 2.45) is 5.92 Å². The van der Waals surface area contributed by atoms with Crippen molar-refractivity contribution in [3.05, 3.63) is 70.6 Å². The summed E-state index contributed by atoms with van der Waals surface area (Å²) in [4.78, 5) is 19.5. The van der Waals surface area contributed by atoms with E-state index >= 15 is 0 Å². The summed E-state index contributed by atoms with van der Waals surface area (Å²) in [5.41, 5.74) is 1.79. The van der Waals surface area contributed by atoms with Crippen LogP contribution < -0.4 is 0 Å². The Balaban J connectivity index is 1.36. The van der Waals surface area contributed by atoms with E-state index in [1.165, 1.54) is 9.71 Å². The van der Waals surface area contributed by atoms with Crippen molar-refractivity contribution < 1.29 is 13.2 Å². The van der Waals surface area contributed by atoms with Crippen molar-refractivity contribution >= 4 is 43.6 Å². The van der Waals surface area contributed by atoms with Crippen LogP contribution in [-0.2, 0) is 14.8 Å². The molecule has 8 heteroatoms. The van der Waals surface area contributed by atoms with Gasteiger partial charge in [0.25, 0.3) is 0 Å². The number of aromatic nitrogens is 1. The molecule has 1 fully saturated rings. The van der Waals surface area contributed by atoms with E-state index in [1.807, 2.05) is 68.6 Å². The van der Waals surface area contributed by atoms with Crippen molar-refractivity contribution in [2.75, 3.05) is 20.1 Å². The van der Waals surface area contributed by atoms with E-state index in [2.05, 4.69) is 4.98 Å². The zero-order valence-electron chi connectivity index (χ0n) is 18.2. The Kier molecular flexibility index (Phi) is 6.74. The third-order valence-corrected chi connectivity index (χ3v) is 8.76. The maximum Gasteiger partial charge on any atom is 0.236 e. The number of hydrogen-bond donors (Lipinski definition) is 0. The van der Waals surface area contributed by atoms with E-state index < -0.39 is 10.0 Å². The van der Waals surface area contributed by atoms with Gasteiger partial charge in [0, 0.05) is 31.5 Å². The molecule has 3 aromatic rings. The average molecular weight is 470 g/mol. The molecule has 1 atom stereocenters. The Morgan fingerprint density at radius 1 is 1.12 bits per heavy atom. The van der Waals surface area contributed by atoms with E-state index in [4.69, 9.17) is 0 Å². The molecule has 1 aromatic heterocycles. The van der Waals surface area contributed by atoms with Crippen LogP contribution in [0.4, 0.5) is 0 Å². The normalized spacial score (nSPS) is 17.1. The van der Waals surface area contributed by atoms with Crippen LogP contribution in [0.5, 0.6) is 0 Å². The lowest BCUT2D eigenvalue weighted by molar-refractivity contribution is -0.137. The molecule has 0 N–H and O–H groups in total. The van der Waals surface area contributed by atoms with Gasteiger partial charge >= 0.3 is 0 Å². The van der Waals surface area contributed by atoms with Gasteiger partial charge in [-0.05, 0) is 43.5 Å². The Hall–Kier alpha value is -2.55. The highest BCUT2D eigenvalue weighted by Crippen LogP contribution is 2.31. The molecule has 0 spiro atoms. The van der Waals surface area contributed by atoms with Crippen LogP contribution in [0.15, 0.2) is 60.0 Å². The molecule has 0 bridgehead atoms. The summed E-state index contributed by atoms with van der Waals surface area (Å²) in [5, 5.41) is 2.17. The number of nitrogens with zero attached hydrogens (tertiary/aromatic N) is 3. The van der Waals surface area contributed by atoms with Crippen molar-refractivity contribution in [1.82, 2.24) is 14.2 Å². The fourth-order valence-electron chi connectivity index (χ4n) is 3.89. The van der Waals surface area contributed by atoms with Crippen molar-refractivity contribution in [3.8, 4) is 0 Å². The molecule has 1 unspecified atom stereocenters. The third-order valence-electron chi connectivity index (χ3n) is 5.99. The van der Waals surface area contributed by atoms with Gasteiger partial charge in [-0.1, -0.05) is 42.5 Å². The quantitative estimate of drug-likeness (QED) is 0.532. The highest BCUT2D eigenvalue weighted by atomic mass is 32.2. The molecular weight excluding hydrogens is 442 g/mol. The van der Waals surface area contributed by atoms with E-state index in [0.717, 1.165) is 20.8 Å².